The van der Waals surface area contributed by atoms with E-state index in [2.05, 4.69) is 10.2 Å². The summed E-state index contributed by atoms with van der Waals surface area (Å²) in [6.07, 6.45) is 0. The Morgan fingerprint density at radius 2 is 1.91 bits per heavy atom. The molecule has 0 bridgehead atoms. The summed E-state index contributed by atoms with van der Waals surface area (Å²) < 4.78 is 0. The standard InChI is InChI=1S/C13H15ClN4O4/c1-16-4-6-17(7-5-16)13(20)12(19)15-11-8-9(18(21)22)2-3-10(11)14/h2-3,8H,4-7H2,1H3,(H,15,19). The number of hydrogen-bond acceptors (Lipinski definition) is 5. The van der Waals surface area contributed by atoms with Gasteiger partial charge in [0.2, 0.25) is 0 Å². The summed E-state index contributed by atoms with van der Waals surface area (Å²) in [4.78, 5) is 37.7. The molecule has 1 aliphatic heterocycles. The van der Waals surface area contributed by atoms with E-state index in [0.29, 0.717) is 26.2 Å². The molecule has 1 heterocycles. The van der Waals surface area contributed by atoms with E-state index < -0.39 is 16.7 Å². The Labute approximate surface area is 131 Å². The quantitative estimate of drug-likeness (QED) is 0.496. The van der Waals surface area contributed by atoms with Gasteiger partial charge in [-0.1, -0.05) is 11.6 Å². The molecule has 0 saturated carbocycles. The van der Waals surface area contributed by atoms with Crippen LogP contribution in [-0.4, -0.2) is 59.8 Å². The fourth-order valence-electron chi connectivity index (χ4n) is 2.05. The highest BCUT2D eigenvalue weighted by molar-refractivity contribution is 6.41. The van der Waals surface area contributed by atoms with Crippen molar-refractivity contribution in [3.63, 3.8) is 0 Å². The third-order valence-electron chi connectivity index (χ3n) is 3.39. The summed E-state index contributed by atoms with van der Waals surface area (Å²) in [6, 6.07) is 3.65. The van der Waals surface area contributed by atoms with Crippen molar-refractivity contribution in [2.75, 3.05) is 38.5 Å². The Morgan fingerprint density at radius 1 is 1.27 bits per heavy atom. The molecule has 0 unspecified atom stereocenters. The van der Waals surface area contributed by atoms with E-state index in [1.54, 1.807) is 0 Å². The molecule has 0 atom stereocenters. The highest BCUT2D eigenvalue weighted by Crippen LogP contribution is 2.26. The van der Waals surface area contributed by atoms with Crippen LogP contribution in [0.15, 0.2) is 18.2 Å². The molecule has 0 aliphatic carbocycles. The highest BCUT2D eigenvalue weighted by Gasteiger charge is 2.25. The molecule has 2 amide bonds. The van der Waals surface area contributed by atoms with Gasteiger partial charge in [-0.15, -0.1) is 0 Å². The number of piperazine rings is 1. The van der Waals surface area contributed by atoms with E-state index in [9.17, 15) is 19.7 Å². The lowest BCUT2D eigenvalue weighted by molar-refractivity contribution is -0.384. The number of nitro benzene ring substituents is 1. The number of nitrogens with zero attached hydrogens (tertiary/aromatic N) is 3. The van der Waals surface area contributed by atoms with Gasteiger partial charge in [-0.25, -0.2) is 0 Å². The molecule has 118 valence electrons. The zero-order valence-electron chi connectivity index (χ0n) is 11.9. The van der Waals surface area contributed by atoms with Crippen molar-refractivity contribution in [1.82, 2.24) is 9.80 Å². The molecule has 1 fully saturated rings. The van der Waals surface area contributed by atoms with E-state index >= 15 is 0 Å². The van der Waals surface area contributed by atoms with Gasteiger partial charge in [0.25, 0.3) is 5.69 Å². The maximum Gasteiger partial charge on any atom is 0.313 e. The van der Waals surface area contributed by atoms with Gasteiger partial charge in [0, 0.05) is 38.3 Å². The van der Waals surface area contributed by atoms with Crippen LogP contribution in [0.4, 0.5) is 11.4 Å². The van der Waals surface area contributed by atoms with Crippen LogP contribution < -0.4 is 5.32 Å². The highest BCUT2D eigenvalue weighted by atomic mass is 35.5. The molecule has 0 aromatic heterocycles. The number of likely N-dealkylation sites (N-methyl/N-ethyl adjacent to an activating group) is 1. The monoisotopic (exact) mass is 326 g/mol. The molecule has 1 aromatic carbocycles. The number of halogens is 1. The van der Waals surface area contributed by atoms with E-state index in [-0.39, 0.29) is 16.4 Å². The average Bonchev–Trinajstić information content (AvgIpc) is 2.49. The Hall–Kier alpha value is -2.19. The largest absolute Gasteiger partial charge is 0.332 e. The first kappa shape index (κ1) is 16.2. The van der Waals surface area contributed by atoms with Crippen molar-refractivity contribution in [2.24, 2.45) is 0 Å². The smallest absolute Gasteiger partial charge is 0.313 e. The number of rotatable bonds is 2. The van der Waals surface area contributed by atoms with Crippen LogP contribution in [0.5, 0.6) is 0 Å². The summed E-state index contributed by atoms with van der Waals surface area (Å²) >= 11 is 5.89. The van der Waals surface area contributed by atoms with Crippen LogP contribution in [0.1, 0.15) is 0 Å². The Balaban J connectivity index is 2.06. The van der Waals surface area contributed by atoms with E-state index in [0.717, 1.165) is 6.07 Å². The number of carbonyl (C=O) groups excluding carboxylic acids is 2. The first-order chi connectivity index (χ1) is 10.4. The predicted molar refractivity (Wildman–Crippen MR) is 80.8 cm³/mol. The molecule has 22 heavy (non-hydrogen) atoms. The van der Waals surface area contributed by atoms with Crippen molar-refractivity contribution in [2.45, 2.75) is 0 Å². The molecule has 2 rings (SSSR count). The number of anilines is 1. The number of benzene rings is 1. The first-order valence-corrected chi connectivity index (χ1v) is 6.99. The number of nitro groups is 1. The Morgan fingerprint density at radius 3 is 2.50 bits per heavy atom. The van der Waals surface area contributed by atoms with E-state index in [4.69, 9.17) is 11.6 Å². The lowest BCUT2D eigenvalue weighted by Gasteiger charge is -2.31. The van der Waals surface area contributed by atoms with Gasteiger partial charge < -0.3 is 15.1 Å². The van der Waals surface area contributed by atoms with Crippen molar-refractivity contribution in [3.8, 4) is 0 Å². The predicted octanol–water partition coefficient (Wildman–Crippen LogP) is 0.961. The topological polar surface area (TPSA) is 95.8 Å². The number of nitrogens with one attached hydrogen (secondary N) is 1. The molecular weight excluding hydrogens is 312 g/mol. The van der Waals surface area contributed by atoms with Crippen molar-refractivity contribution in [1.29, 1.82) is 0 Å². The number of hydrogen-bond donors (Lipinski definition) is 1. The molecule has 0 spiro atoms. The van der Waals surface area contributed by atoms with Crippen LogP contribution >= 0.6 is 11.6 Å². The summed E-state index contributed by atoms with van der Waals surface area (Å²) in [5.74, 6) is -1.53. The summed E-state index contributed by atoms with van der Waals surface area (Å²) in [5, 5.41) is 13.2. The molecular formula is C13H15ClN4O4. The number of carbonyl (C=O) groups is 2. The van der Waals surface area contributed by atoms with Gasteiger partial charge >= 0.3 is 11.8 Å². The molecule has 1 aliphatic rings. The maximum atomic E-state index is 12.1. The van der Waals surface area contributed by atoms with Crippen LogP contribution in [0.2, 0.25) is 5.02 Å². The normalized spacial score (nSPS) is 15.5. The van der Waals surface area contributed by atoms with Crippen LogP contribution in [0, 0.1) is 10.1 Å². The second kappa shape index (κ2) is 6.71. The average molecular weight is 327 g/mol. The fraction of sp³-hybridized carbons (Fsp3) is 0.385. The van der Waals surface area contributed by atoms with Gasteiger partial charge in [-0.2, -0.15) is 0 Å². The Kier molecular flexibility index (Phi) is 4.94. The summed E-state index contributed by atoms with van der Waals surface area (Å²) in [5.41, 5.74) is -0.171. The zero-order valence-corrected chi connectivity index (χ0v) is 12.7. The van der Waals surface area contributed by atoms with E-state index in [1.807, 2.05) is 7.05 Å². The number of amides is 2. The molecule has 9 heteroatoms. The molecule has 1 saturated heterocycles. The Bertz CT molecular complexity index is 614. The molecule has 0 radical (unpaired) electrons. The zero-order chi connectivity index (χ0) is 16.3. The van der Waals surface area contributed by atoms with Gasteiger partial charge in [0.1, 0.15) is 0 Å². The van der Waals surface area contributed by atoms with Crippen LogP contribution in [0.25, 0.3) is 0 Å². The first-order valence-electron chi connectivity index (χ1n) is 6.61. The van der Waals surface area contributed by atoms with Crippen molar-refractivity contribution < 1.29 is 14.5 Å². The van der Waals surface area contributed by atoms with Crippen molar-refractivity contribution >= 4 is 34.8 Å². The third kappa shape index (κ3) is 3.71. The van der Waals surface area contributed by atoms with Crippen molar-refractivity contribution in [3.05, 3.63) is 33.3 Å². The van der Waals surface area contributed by atoms with Gasteiger partial charge in [0.05, 0.1) is 15.6 Å². The minimum absolute atomic E-state index is 0.0448. The number of non-ortho nitro benzene ring substituents is 1. The third-order valence-corrected chi connectivity index (χ3v) is 3.72. The minimum Gasteiger partial charge on any atom is -0.332 e. The molecule has 8 nitrogen and oxygen atoms in total. The SMILES string of the molecule is CN1CCN(C(=O)C(=O)Nc2cc([N+](=O)[O-])ccc2Cl)CC1. The maximum absolute atomic E-state index is 12.1. The second-order valence-corrected chi connectivity index (χ2v) is 5.38. The van der Waals surface area contributed by atoms with Crippen LogP contribution in [-0.2, 0) is 9.59 Å². The van der Waals surface area contributed by atoms with E-state index in [1.165, 1.54) is 17.0 Å². The van der Waals surface area contributed by atoms with Gasteiger partial charge in [-0.3, -0.25) is 19.7 Å². The summed E-state index contributed by atoms with van der Waals surface area (Å²) in [7, 11) is 1.94. The minimum atomic E-state index is -0.855. The summed E-state index contributed by atoms with van der Waals surface area (Å²) in [6.45, 7) is 2.31. The fourth-order valence-corrected chi connectivity index (χ4v) is 2.22. The second-order valence-electron chi connectivity index (χ2n) is 4.97. The molecule has 1 aromatic rings. The van der Waals surface area contributed by atoms with Gasteiger partial charge in [-0.05, 0) is 13.1 Å². The molecule has 1 N–H and O–H groups in total. The lowest BCUT2D eigenvalue weighted by atomic mass is 10.2. The van der Waals surface area contributed by atoms with Crippen LogP contribution in [0.3, 0.4) is 0 Å². The lowest BCUT2D eigenvalue weighted by Crippen LogP contribution is -2.50. The van der Waals surface area contributed by atoms with Gasteiger partial charge in [0.15, 0.2) is 0 Å².